The Hall–Kier alpha value is -3.23. The van der Waals surface area contributed by atoms with E-state index in [0.717, 1.165) is 16.9 Å². The van der Waals surface area contributed by atoms with Gasteiger partial charge in [0.25, 0.3) is 0 Å². The molecular formula is C21H30N8O. The zero-order chi connectivity index (χ0) is 22.1. The first kappa shape index (κ1) is 21.5. The number of hydrogen-bond acceptors (Lipinski definition) is 7. The Labute approximate surface area is 177 Å². The molecule has 9 heteroatoms. The number of imidazole rings is 1. The maximum Gasteiger partial charge on any atom is 0.229 e. The van der Waals surface area contributed by atoms with Crippen LogP contribution in [0.1, 0.15) is 39.6 Å². The summed E-state index contributed by atoms with van der Waals surface area (Å²) in [6.45, 7) is 10.5. The minimum absolute atomic E-state index is 0.0406. The predicted octanol–water partition coefficient (Wildman–Crippen LogP) is 3.38. The molecule has 3 aromatic rings. The third kappa shape index (κ3) is 4.50. The standard InChI is InChI=1S/C21H30N8O/c1-13(2)29-14(3)25-15-11-23-18(10-16(15)29)26-17-8-9-22-20(27-17)24-12-21(4,5)19(30)28(6)7/h8-11,13H,12H2,1-7H3,(H2,22,23,24,26,27). The summed E-state index contributed by atoms with van der Waals surface area (Å²) in [6, 6.07) is 4.05. The van der Waals surface area contributed by atoms with E-state index in [4.69, 9.17) is 0 Å². The first-order chi connectivity index (χ1) is 14.1. The maximum atomic E-state index is 12.3. The van der Waals surface area contributed by atoms with E-state index in [1.165, 1.54) is 0 Å². The van der Waals surface area contributed by atoms with E-state index < -0.39 is 5.41 Å². The van der Waals surface area contributed by atoms with Crippen molar-refractivity contribution in [1.82, 2.24) is 29.4 Å². The van der Waals surface area contributed by atoms with Crippen LogP contribution in [0.4, 0.5) is 17.6 Å². The Kier molecular flexibility index (Phi) is 5.91. The van der Waals surface area contributed by atoms with E-state index >= 15 is 0 Å². The van der Waals surface area contributed by atoms with Gasteiger partial charge in [-0.25, -0.2) is 15.0 Å². The highest BCUT2D eigenvalue weighted by atomic mass is 16.2. The zero-order valence-electron chi connectivity index (χ0n) is 18.7. The monoisotopic (exact) mass is 410 g/mol. The van der Waals surface area contributed by atoms with Gasteiger partial charge in [-0.05, 0) is 40.7 Å². The van der Waals surface area contributed by atoms with Gasteiger partial charge in [-0.3, -0.25) is 4.79 Å². The Bertz CT molecular complexity index is 1050. The Balaban J connectivity index is 1.77. The summed E-state index contributed by atoms with van der Waals surface area (Å²) < 4.78 is 2.18. The normalized spacial score (nSPS) is 11.7. The molecule has 160 valence electrons. The van der Waals surface area contributed by atoms with Crippen LogP contribution in [-0.2, 0) is 4.79 Å². The number of nitrogens with zero attached hydrogens (tertiary/aromatic N) is 6. The van der Waals surface area contributed by atoms with Crippen LogP contribution in [-0.4, -0.2) is 56.0 Å². The van der Waals surface area contributed by atoms with E-state index in [9.17, 15) is 4.79 Å². The highest BCUT2D eigenvalue weighted by Crippen LogP contribution is 2.24. The molecule has 0 aliphatic rings. The summed E-state index contributed by atoms with van der Waals surface area (Å²) in [5, 5.41) is 6.39. The van der Waals surface area contributed by atoms with Gasteiger partial charge in [0.05, 0.1) is 17.1 Å². The second-order valence-electron chi connectivity index (χ2n) is 8.51. The molecule has 3 rings (SSSR count). The number of hydrogen-bond donors (Lipinski definition) is 2. The molecule has 0 bridgehead atoms. The highest BCUT2D eigenvalue weighted by molar-refractivity contribution is 5.82. The molecule has 1 amide bonds. The number of amides is 1. The van der Waals surface area contributed by atoms with Gasteiger partial charge in [0.1, 0.15) is 23.0 Å². The van der Waals surface area contributed by atoms with Crippen LogP contribution < -0.4 is 10.6 Å². The van der Waals surface area contributed by atoms with Crippen LogP contribution in [0.5, 0.6) is 0 Å². The molecule has 2 N–H and O–H groups in total. The number of rotatable bonds is 7. The molecule has 0 spiro atoms. The lowest BCUT2D eigenvalue weighted by molar-refractivity contribution is -0.136. The molecule has 9 nitrogen and oxygen atoms in total. The van der Waals surface area contributed by atoms with Crippen molar-refractivity contribution in [2.24, 2.45) is 5.41 Å². The van der Waals surface area contributed by atoms with Gasteiger partial charge in [0, 0.05) is 38.9 Å². The molecule has 3 aromatic heterocycles. The highest BCUT2D eigenvalue weighted by Gasteiger charge is 2.29. The van der Waals surface area contributed by atoms with Crippen LogP contribution in [0, 0.1) is 12.3 Å². The fourth-order valence-corrected chi connectivity index (χ4v) is 3.47. The Morgan fingerprint density at radius 1 is 1.20 bits per heavy atom. The van der Waals surface area contributed by atoms with E-state index in [1.807, 2.05) is 26.8 Å². The number of aromatic nitrogens is 5. The molecule has 0 fully saturated rings. The molecule has 0 aromatic carbocycles. The molecule has 0 radical (unpaired) electrons. The third-order valence-electron chi connectivity index (χ3n) is 4.85. The quantitative estimate of drug-likeness (QED) is 0.616. The number of fused-ring (bicyclic) bond motifs is 1. The van der Waals surface area contributed by atoms with Crippen LogP contribution in [0.15, 0.2) is 24.5 Å². The Morgan fingerprint density at radius 3 is 2.60 bits per heavy atom. The number of carbonyl (C=O) groups is 1. The van der Waals surface area contributed by atoms with Crippen molar-refractivity contribution in [3.8, 4) is 0 Å². The third-order valence-corrected chi connectivity index (χ3v) is 4.85. The maximum absolute atomic E-state index is 12.3. The molecule has 30 heavy (non-hydrogen) atoms. The van der Waals surface area contributed by atoms with Gasteiger partial charge in [-0.2, -0.15) is 4.98 Å². The van der Waals surface area contributed by atoms with Gasteiger partial charge in [-0.15, -0.1) is 0 Å². The molecule has 0 aliphatic carbocycles. The summed E-state index contributed by atoms with van der Waals surface area (Å²) >= 11 is 0. The lowest BCUT2D eigenvalue weighted by Gasteiger charge is -2.27. The molecule has 0 saturated carbocycles. The first-order valence-corrected chi connectivity index (χ1v) is 9.99. The summed E-state index contributed by atoms with van der Waals surface area (Å²) in [5.74, 6) is 2.74. The van der Waals surface area contributed by atoms with Crippen LogP contribution in [0.25, 0.3) is 11.0 Å². The molecule has 0 saturated heterocycles. The van der Waals surface area contributed by atoms with Gasteiger partial charge in [-0.1, -0.05) is 0 Å². The average molecular weight is 411 g/mol. The van der Waals surface area contributed by atoms with Crippen molar-refractivity contribution >= 4 is 34.5 Å². The topological polar surface area (TPSA) is 101 Å². The largest absolute Gasteiger partial charge is 0.353 e. The molecule has 3 heterocycles. The zero-order valence-corrected chi connectivity index (χ0v) is 18.7. The molecule has 0 aliphatic heterocycles. The minimum atomic E-state index is -0.573. The lowest BCUT2D eigenvalue weighted by Crippen LogP contribution is -2.40. The van der Waals surface area contributed by atoms with Crippen LogP contribution in [0.3, 0.4) is 0 Å². The molecule has 0 unspecified atom stereocenters. The second-order valence-corrected chi connectivity index (χ2v) is 8.51. The van der Waals surface area contributed by atoms with Gasteiger partial charge in [0.15, 0.2) is 0 Å². The van der Waals surface area contributed by atoms with Crippen molar-refractivity contribution in [3.63, 3.8) is 0 Å². The summed E-state index contributed by atoms with van der Waals surface area (Å²) in [6.07, 6.45) is 3.43. The van der Waals surface area contributed by atoms with Crippen molar-refractivity contribution in [3.05, 3.63) is 30.4 Å². The molecule has 0 atom stereocenters. The number of carbonyl (C=O) groups excluding carboxylic acids is 1. The number of anilines is 3. The van der Waals surface area contributed by atoms with Gasteiger partial charge in [0.2, 0.25) is 11.9 Å². The molecular weight excluding hydrogens is 380 g/mol. The van der Waals surface area contributed by atoms with Crippen LogP contribution >= 0.6 is 0 Å². The number of nitrogens with one attached hydrogen (secondary N) is 2. The van der Waals surface area contributed by atoms with E-state index in [0.29, 0.717) is 30.2 Å². The first-order valence-electron chi connectivity index (χ1n) is 9.99. The number of aryl methyl sites for hydroxylation is 1. The van der Waals surface area contributed by atoms with Crippen LogP contribution in [0.2, 0.25) is 0 Å². The summed E-state index contributed by atoms with van der Waals surface area (Å²) in [4.78, 5) is 31.7. The van der Waals surface area contributed by atoms with Gasteiger partial charge < -0.3 is 20.1 Å². The van der Waals surface area contributed by atoms with Crippen molar-refractivity contribution in [1.29, 1.82) is 0 Å². The van der Waals surface area contributed by atoms with E-state index in [2.05, 4.69) is 49.0 Å². The predicted molar refractivity (Wildman–Crippen MR) is 119 cm³/mol. The second kappa shape index (κ2) is 8.25. The fraction of sp³-hybridized carbons (Fsp3) is 0.476. The SMILES string of the molecule is Cc1nc2cnc(Nc3ccnc(NCC(C)(C)C(=O)N(C)C)n3)cc2n1C(C)C. The fourth-order valence-electron chi connectivity index (χ4n) is 3.47. The van der Waals surface area contributed by atoms with Gasteiger partial charge >= 0.3 is 0 Å². The van der Waals surface area contributed by atoms with Crippen molar-refractivity contribution in [2.45, 2.75) is 40.7 Å². The number of pyridine rings is 1. The summed E-state index contributed by atoms with van der Waals surface area (Å²) in [5.41, 5.74) is 1.32. The van der Waals surface area contributed by atoms with E-state index in [1.54, 1.807) is 37.5 Å². The lowest BCUT2D eigenvalue weighted by atomic mass is 9.92. The minimum Gasteiger partial charge on any atom is -0.353 e. The summed E-state index contributed by atoms with van der Waals surface area (Å²) in [7, 11) is 3.50. The smallest absolute Gasteiger partial charge is 0.229 e. The average Bonchev–Trinajstić information content (AvgIpc) is 3.01. The van der Waals surface area contributed by atoms with Crippen molar-refractivity contribution in [2.75, 3.05) is 31.3 Å². The Morgan fingerprint density at radius 2 is 1.93 bits per heavy atom. The van der Waals surface area contributed by atoms with Crippen molar-refractivity contribution < 1.29 is 4.79 Å². The van der Waals surface area contributed by atoms with E-state index in [-0.39, 0.29) is 5.91 Å².